The van der Waals surface area contributed by atoms with Gasteiger partial charge in [-0.15, -0.1) is 11.3 Å². The van der Waals surface area contributed by atoms with Crippen LogP contribution in [0.5, 0.6) is 11.5 Å². The normalized spacial score (nSPS) is 12.2. The Morgan fingerprint density at radius 2 is 2.05 bits per heavy atom. The first-order chi connectivity index (χ1) is 9.28. The molecule has 1 unspecified atom stereocenters. The van der Waals surface area contributed by atoms with Crippen molar-refractivity contribution < 1.29 is 9.47 Å². The standard InChI is InChI=1S/C15H19NO2S/c1-16-14(10-12-5-4-8-19-12)13-9-11(17-2)6-7-15(13)18-3/h4-9,14,16H,10H2,1-3H3. The Kier molecular flexibility index (Phi) is 4.82. The fourth-order valence-electron chi connectivity index (χ4n) is 2.11. The molecule has 2 rings (SSSR count). The number of hydrogen-bond acceptors (Lipinski definition) is 4. The molecule has 0 aliphatic rings. The molecule has 2 aromatic rings. The van der Waals surface area contributed by atoms with Gasteiger partial charge in [-0.25, -0.2) is 0 Å². The minimum absolute atomic E-state index is 0.212. The van der Waals surface area contributed by atoms with Crippen LogP contribution in [0.2, 0.25) is 0 Å². The van der Waals surface area contributed by atoms with Crippen LogP contribution < -0.4 is 14.8 Å². The Morgan fingerprint density at radius 1 is 1.21 bits per heavy atom. The van der Waals surface area contributed by atoms with Gasteiger partial charge in [0, 0.05) is 22.9 Å². The molecular weight excluding hydrogens is 258 g/mol. The fourth-order valence-corrected chi connectivity index (χ4v) is 2.86. The van der Waals surface area contributed by atoms with Crippen LogP contribution in [0, 0.1) is 0 Å². The fraction of sp³-hybridized carbons (Fsp3) is 0.333. The summed E-state index contributed by atoms with van der Waals surface area (Å²) in [6.45, 7) is 0. The average Bonchev–Trinajstić information content (AvgIpc) is 2.97. The van der Waals surface area contributed by atoms with E-state index in [4.69, 9.17) is 9.47 Å². The van der Waals surface area contributed by atoms with Crippen molar-refractivity contribution >= 4 is 11.3 Å². The third-order valence-corrected chi connectivity index (χ3v) is 4.04. The van der Waals surface area contributed by atoms with E-state index in [0.29, 0.717) is 0 Å². The van der Waals surface area contributed by atoms with Gasteiger partial charge in [-0.3, -0.25) is 0 Å². The van der Waals surface area contributed by atoms with Crippen molar-refractivity contribution in [1.82, 2.24) is 5.32 Å². The van der Waals surface area contributed by atoms with Crippen LogP contribution >= 0.6 is 11.3 Å². The number of methoxy groups -OCH3 is 2. The SMILES string of the molecule is CNC(Cc1cccs1)c1cc(OC)ccc1OC. The van der Waals surface area contributed by atoms with Crippen molar-refractivity contribution in [3.8, 4) is 11.5 Å². The number of rotatable bonds is 6. The lowest BCUT2D eigenvalue weighted by molar-refractivity contribution is 0.391. The molecule has 0 bridgehead atoms. The minimum Gasteiger partial charge on any atom is -0.497 e. The van der Waals surface area contributed by atoms with Gasteiger partial charge in [0.2, 0.25) is 0 Å². The molecular formula is C15H19NO2S. The van der Waals surface area contributed by atoms with Gasteiger partial charge in [0.25, 0.3) is 0 Å². The van der Waals surface area contributed by atoms with Gasteiger partial charge < -0.3 is 14.8 Å². The van der Waals surface area contributed by atoms with E-state index in [1.807, 2.05) is 25.2 Å². The summed E-state index contributed by atoms with van der Waals surface area (Å²) in [5.41, 5.74) is 1.12. The summed E-state index contributed by atoms with van der Waals surface area (Å²) in [4.78, 5) is 1.35. The maximum absolute atomic E-state index is 5.45. The second-order valence-corrected chi connectivity index (χ2v) is 5.26. The molecule has 1 N–H and O–H groups in total. The molecule has 0 aliphatic carbocycles. The lowest BCUT2D eigenvalue weighted by Crippen LogP contribution is -2.19. The quantitative estimate of drug-likeness (QED) is 0.879. The predicted octanol–water partition coefficient (Wildman–Crippen LogP) is 3.27. The van der Waals surface area contributed by atoms with E-state index < -0.39 is 0 Å². The lowest BCUT2D eigenvalue weighted by Gasteiger charge is -2.19. The Morgan fingerprint density at radius 3 is 2.63 bits per heavy atom. The third-order valence-electron chi connectivity index (χ3n) is 3.15. The summed E-state index contributed by atoms with van der Waals surface area (Å²) in [6.07, 6.45) is 0.942. The smallest absolute Gasteiger partial charge is 0.123 e. The third kappa shape index (κ3) is 3.28. The molecule has 0 radical (unpaired) electrons. The van der Waals surface area contributed by atoms with Crippen molar-refractivity contribution in [2.45, 2.75) is 12.5 Å². The Balaban J connectivity index is 2.30. The Labute approximate surface area is 118 Å². The van der Waals surface area contributed by atoms with Crippen LogP contribution in [0.25, 0.3) is 0 Å². The van der Waals surface area contributed by atoms with E-state index in [0.717, 1.165) is 23.5 Å². The lowest BCUT2D eigenvalue weighted by atomic mass is 10.0. The molecule has 0 spiro atoms. The summed E-state index contributed by atoms with van der Waals surface area (Å²) in [7, 11) is 5.35. The van der Waals surface area contributed by atoms with Crippen molar-refractivity contribution in [1.29, 1.82) is 0 Å². The number of benzene rings is 1. The first-order valence-electron chi connectivity index (χ1n) is 6.20. The van der Waals surface area contributed by atoms with Crippen molar-refractivity contribution in [2.75, 3.05) is 21.3 Å². The Hall–Kier alpha value is -1.52. The van der Waals surface area contributed by atoms with Gasteiger partial charge >= 0.3 is 0 Å². The zero-order valence-electron chi connectivity index (χ0n) is 11.5. The van der Waals surface area contributed by atoms with Crippen LogP contribution in [0.15, 0.2) is 35.7 Å². The van der Waals surface area contributed by atoms with Gasteiger partial charge in [0.15, 0.2) is 0 Å². The molecule has 0 saturated heterocycles. The zero-order valence-corrected chi connectivity index (χ0v) is 12.3. The largest absolute Gasteiger partial charge is 0.497 e. The highest BCUT2D eigenvalue weighted by Gasteiger charge is 2.16. The van der Waals surface area contributed by atoms with Crippen LogP contribution in [-0.2, 0) is 6.42 Å². The molecule has 1 aromatic carbocycles. The summed E-state index contributed by atoms with van der Waals surface area (Å²) in [6, 6.07) is 10.3. The number of nitrogens with one attached hydrogen (secondary N) is 1. The zero-order chi connectivity index (χ0) is 13.7. The molecule has 4 heteroatoms. The maximum Gasteiger partial charge on any atom is 0.123 e. The summed E-state index contributed by atoms with van der Waals surface area (Å²) in [5, 5.41) is 5.46. The van der Waals surface area contributed by atoms with E-state index in [1.165, 1.54) is 4.88 Å². The van der Waals surface area contributed by atoms with Gasteiger partial charge in [-0.2, -0.15) is 0 Å². The van der Waals surface area contributed by atoms with E-state index in [9.17, 15) is 0 Å². The topological polar surface area (TPSA) is 30.5 Å². The predicted molar refractivity (Wildman–Crippen MR) is 79.4 cm³/mol. The van der Waals surface area contributed by atoms with Crippen LogP contribution in [0.4, 0.5) is 0 Å². The van der Waals surface area contributed by atoms with Crippen LogP contribution in [-0.4, -0.2) is 21.3 Å². The van der Waals surface area contributed by atoms with Gasteiger partial charge in [0.05, 0.1) is 14.2 Å². The second-order valence-electron chi connectivity index (χ2n) is 4.23. The molecule has 3 nitrogen and oxygen atoms in total. The molecule has 0 saturated carbocycles. The summed E-state index contributed by atoms with van der Waals surface area (Å²) in [5.74, 6) is 1.74. The van der Waals surface area contributed by atoms with Crippen molar-refractivity contribution in [2.24, 2.45) is 0 Å². The number of likely N-dealkylation sites (N-methyl/N-ethyl adjacent to an activating group) is 1. The summed E-state index contributed by atoms with van der Waals surface area (Å²) < 4.78 is 10.8. The first-order valence-corrected chi connectivity index (χ1v) is 7.08. The molecule has 0 aliphatic heterocycles. The second kappa shape index (κ2) is 6.59. The molecule has 1 atom stereocenters. The first kappa shape index (κ1) is 13.9. The van der Waals surface area contributed by atoms with Gasteiger partial charge in [-0.05, 0) is 36.7 Å². The summed E-state index contributed by atoms with van der Waals surface area (Å²) >= 11 is 1.77. The molecule has 0 amide bonds. The number of ether oxygens (including phenoxy) is 2. The van der Waals surface area contributed by atoms with E-state index >= 15 is 0 Å². The van der Waals surface area contributed by atoms with E-state index in [2.05, 4.69) is 22.8 Å². The van der Waals surface area contributed by atoms with Gasteiger partial charge in [0.1, 0.15) is 11.5 Å². The minimum atomic E-state index is 0.212. The highest BCUT2D eigenvalue weighted by Crippen LogP contribution is 2.31. The van der Waals surface area contributed by atoms with Crippen molar-refractivity contribution in [3.05, 3.63) is 46.2 Å². The number of thiophene rings is 1. The van der Waals surface area contributed by atoms with Crippen molar-refractivity contribution in [3.63, 3.8) is 0 Å². The van der Waals surface area contributed by atoms with Crippen LogP contribution in [0.1, 0.15) is 16.5 Å². The Bertz CT molecular complexity index is 511. The average molecular weight is 277 g/mol. The monoisotopic (exact) mass is 277 g/mol. The number of hydrogen-bond donors (Lipinski definition) is 1. The maximum atomic E-state index is 5.45. The molecule has 19 heavy (non-hydrogen) atoms. The highest BCUT2D eigenvalue weighted by atomic mass is 32.1. The van der Waals surface area contributed by atoms with Gasteiger partial charge in [-0.1, -0.05) is 6.07 Å². The molecule has 102 valence electrons. The highest BCUT2D eigenvalue weighted by molar-refractivity contribution is 7.09. The van der Waals surface area contributed by atoms with Crippen LogP contribution in [0.3, 0.4) is 0 Å². The van der Waals surface area contributed by atoms with E-state index in [-0.39, 0.29) is 6.04 Å². The molecule has 0 fully saturated rings. The molecule has 1 aromatic heterocycles. The van der Waals surface area contributed by atoms with E-state index in [1.54, 1.807) is 25.6 Å². The molecule has 1 heterocycles.